The molecule has 0 amide bonds. The fourth-order valence-electron chi connectivity index (χ4n) is 2.77. The number of hydrogen-bond acceptors (Lipinski definition) is 5. The number of methoxy groups -OCH3 is 1. The molecule has 0 atom stereocenters. The van der Waals surface area contributed by atoms with Crippen LogP contribution in [0.25, 0.3) is 11.2 Å². The highest BCUT2D eigenvalue weighted by atomic mass is 16.5. The largest absolute Gasteiger partial charge is 0.496 e. The van der Waals surface area contributed by atoms with Gasteiger partial charge in [-0.2, -0.15) is 0 Å². The molecular weight excluding hydrogens is 294 g/mol. The molecule has 4 rings (SSSR count). The van der Waals surface area contributed by atoms with Crippen LogP contribution >= 0.6 is 0 Å². The van der Waals surface area contributed by atoms with Gasteiger partial charge in [0.2, 0.25) is 0 Å². The number of para-hydroxylation sites is 1. The van der Waals surface area contributed by atoms with Gasteiger partial charge in [-0.15, -0.1) is 0 Å². The predicted molar refractivity (Wildman–Crippen MR) is 86.7 cm³/mol. The van der Waals surface area contributed by atoms with Crippen LogP contribution in [0.3, 0.4) is 0 Å². The number of ether oxygens (including phenoxy) is 1. The molecule has 0 saturated heterocycles. The number of H-pyrrole nitrogens is 1. The van der Waals surface area contributed by atoms with Crippen LogP contribution < -0.4 is 15.7 Å². The minimum absolute atomic E-state index is 0.122. The molecule has 0 spiro atoms. The van der Waals surface area contributed by atoms with Gasteiger partial charge in [0.1, 0.15) is 17.6 Å². The Kier molecular flexibility index (Phi) is 3.25. The van der Waals surface area contributed by atoms with Crippen molar-refractivity contribution in [1.82, 2.24) is 19.5 Å². The maximum absolute atomic E-state index is 12.1. The molecule has 118 valence electrons. The number of imidazole rings is 1. The van der Waals surface area contributed by atoms with Gasteiger partial charge in [0.15, 0.2) is 11.5 Å². The average Bonchev–Trinajstić information content (AvgIpc) is 3.35. The van der Waals surface area contributed by atoms with Crippen molar-refractivity contribution in [3.8, 4) is 5.75 Å². The Morgan fingerprint density at radius 2 is 2.17 bits per heavy atom. The summed E-state index contributed by atoms with van der Waals surface area (Å²) in [5, 5.41) is 3.26. The fourth-order valence-corrected chi connectivity index (χ4v) is 2.77. The Balaban J connectivity index is 1.67. The molecule has 0 radical (unpaired) electrons. The summed E-state index contributed by atoms with van der Waals surface area (Å²) in [4.78, 5) is 23.5. The Hall–Kier alpha value is -2.83. The number of nitrogens with one attached hydrogen (secondary N) is 2. The Morgan fingerprint density at radius 1 is 1.35 bits per heavy atom. The van der Waals surface area contributed by atoms with Crippen molar-refractivity contribution in [2.24, 2.45) is 0 Å². The third kappa shape index (κ3) is 2.44. The van der Waals surface area contributed by atoms with E-state index in [0.29, 0.717) is 23.5 Å². The number of benzene rings is 1. The van der Waals surface area contributed by atoms with Crippen molar-refractivity contribution >= 4 is 17.0 Å². The Bertz CT molecular complexity index is 910. The molecule has 2 heterocycles. The number of aromatic nitrogens is 4. The standard InChI is InChI=1S/C16H17N5O2/c1-23-12-5-3-2-4-10(12)8-17-14-13-15(19-9-18-14)21(11-6-7-11)16(22)20-13/h2-5,9,11H,6-8H2,1H3,(H,20,22)(H,17,18,19). The quantitative estimate of drug-likeness (QED) is 0.753. The van der Waals surface area contributed by atoms with Crippen LogP contribution in [0.4, 0.5) is 5.82 Å². The van der Waals surface area contributed by atoms with Gasteiger partial charge in [-0.25, -0.2) is 14.8 Å². The summed E-state index contributed by atoms with van der Waals surface area (Å²) in [5.74, 6) is 1.44. The van der Waals surface area contributed by atoms with Crippen LogP contribution in [0.5, 0.6) is 5.75 Å². The van der Waals surface area contributed by atoms with E-state index in [4.69, 9.17) is 4.74 Å². The minimum Gasteiger partial charge on any atom is -0.496 e. The summed E-state index contributed by atoms with van der Waals surface area (Å²) in [7, 11) is 1.65. The van der Waals surface area contributed by atoms with Gasteiger partial charge < -0.3 is 15.0 Å². The zero-order valence-corrected chi connectivity index (χ0v) is 12.7. The van der Waals surface area contributed by atoms with Gasteiger partial charge in [0.05, 0.1) is 7.11 Å². The smallest absolute Gasteiger partial charge is 0.328 e. The van der Waals surface area contributed by atoms with Gasteiger partial charge in [-0.3, -0.25) is 4.57 Å². The van der Waals surface area contributed by atoms with Crippen LogP contribution in [0.15, 0.2) is 35.4 Å². The molecule has 7 heteroatoms. The Labute approximate surface area is 132 Å². The monoisotopic (exact) mass is 311 g/mol. The van der Waals surface area contributed by atoms with Gasteiger partial charge in [0, 0.05) is 18.2 Å². The number of fused-ring (bicyclic) bond motifs is 1. The molecule has 0 unspecified atom stereocenters. The molecule has 1 saturated carbocycles. The average molecular weight is 311 g/mol. The minimum atomic E-state index is -0.122. The first kappa shape index (κ1) is 13.8. The summed E-state index contributed by atoms with van der Waals surface area (Å²) in [6.45, 7) is 0.548. The van der Waals surface area contributed by atoms with Crippen molar-refractivity contribution in [3.05, 3.63) is 46.6 Å². The second kappa shape index (κ2) is 5.42. The molecular formula is C16H17N5O2. The SMILES string of the molecule is COc1ccccc1CNc1ncnc2c1[nH]c(=O)n2C1CC1. The van der Waals surface area contributed by atoms with Crippen molar-refractivity contribution in [2.75, 3.05) is 12.4 Å². The third-order valence-corrected chi connectivity index (χ3v) is 4.06. The molecule has 7 nitrogen and oxygen atoms in total. The van der Waals surface area contributed by atoms with Gasteiger partial charge >= 0.3 is 5.69 Å². The molecule has 1 fully saturated rings. The second-order valence-electron chi connectivity index (χ2n) is 5.62. The molecule has 2 N–H and O–H groups in total. The summed E-state index contributed by atoms with van der Waals surface area (Å²) in [6, 6.07) is 8.06. The second-order valence-corrected chi connectivity index (χ2v) is 5.62. The van der Waals surface area contributed by atoms with Crippen molar-refractivity contribution < 1.29 is 4.74 Å². The van der Waals surface area contributed by atoms with Crippen LogP contribution in [0, 0.1) is 0 Å². The zero-order valence-electron chi connectivity index (χ0n) is 12.7. The predicted octanol–water partition coefficient (Wildman–Crippen LogP) is 2.08. The van der Waals surface area contributed by atoms with E-state index in [9.17, 15) is 4.79 Å². The summed E-state index contributed by atoms with van der Waals surface area (Å²) in [5.41, 5.74) is 2.21. The van der Waals surface area contributed by atoms with E-state index in [1.165, 1.54) is 6.33 Å². The van der Waals surface area contributed by atoms with E-state index in [1.54, 1.807) is 11.7 Å². The number of hydrogen-bond donors (Lipinski definition) is 2. The summed E-state index contributed by atoms with van der Waals surface area (Å²) >= 11 is 0. The lowest BCUT2D eigenvalue weighted by molar-refractivity contribution is 0.410. The maximum Gasteiger partial charge on any atom is 0.328 e. The molecule has 0 aliphatic heterocycles. The van der Waals surface area contributed by atoms with Gasteiger partial charge in [0.25, 0.3) is 0 Å². The van der Waals surface area contributed by atoms with E-state index in [2.05, 4.69) is 20.3 Å². The highest BCUT2D eigenvalue weighted by Gasteiger charge is 2.28. The molecule has 3 aromatic rings. The maximum atomic E-state index is 12.1. The first-order valence-corrected chi connectivity index (χ1v) is 7.59. The van der Waals surface area contributed by atoms with E-state index in [-0.39, 0.29) is 11.7 Å². The first-order valence-electron chi connectivity index (χ1n) is 7.59. The number of nitrogens with zero attached hydrogens (tertiary/aromatic N) is 3. The summed E-state index contributed by atoms with van der Waals surface area (Å²) in [6.07, 6.45) is 3.54. The van der Waals surface area contributed by atoms with Crippen molar-refractivity contribution in [3.63, 3.8) is 0 Å². The normalized spacial score (nSPS) is 14.1. The molecule has 2 aromatic heterocycles. The molecule has 1 aliphatic rings. The van der Waals surface area contributed by atoms with E-state index in [0.717, 1.165) is 24.2 Å². The van der Waals surface area contributed by atoms with E-state index in [1.807, 2.05) is 24.3 Å². The van der Waals surface area contributed by atoms with E-state index < -0.39 is 0 Å². The lowest BCUT2D eigenvalue weighted by Crippen LogP contribution is -2.15. The third-order valence-electron chi connectivity index (χ3n) is 4.06. The molecule has 1 aromatic carbocycles. The first-order chi connectivity index (χ1) is 11.3. The number of aromatic amines is 1. The number of rotatable bonds is 5. The lowest BCUT2D eigenvalue weighted by Gasteiger charge is -2.10. The van der Waals surface area contributed by atoms with Crippen LogP contribution in [-0.4, -0.2) is 26.6 Å². The van der Waals surface area contributed by atoms with Crippen molar-refractivity contribution in [2.45, 2.75) is 25.4 Å². The topological polar surface area (TPSA) is 84.8 Å². The van der Waals surface area contributed by atoms with Crippen molar-refractivity contribution in [1.29, 1.82) is 0 Å². The zero-order chi connectivity index (χ0) is 15.8. The molecule has 23 heavy (non-hydrogen) atoms. The Morgan fingerprint density at radius 3 is 2.96 bits per heavy atom. The van der Waals surface area contributed by atoms with Gasteiger partial charge in [-0.05, 0) is 18.9 Å². The van der Waals surface area contributed by atoms with Crippen LogP contribution in [0.2, 0.25) is 0 Å². The fraction of sp³-hybridized carbons (Fsp3) is 0.312. The van der Waals surface area contributed by atoms with Crippen LogP contribution in [-0.2, 0) is 6.54 Å². The summed E-state index contributed by atoms with van der Waals surface area (Å²) < 4.78 is 7.08. The highest BCUT2D eigenvalue weighted by molar-refractivity contribution is 5.82. The molecule has 1 aliphatic carbocycles. The lowest BCUT2D eigenvalue weighted by atomic mass is 10.2. The highest BCUT2D eigenvalue weighted by Crippen LogP contribution is 2.35. The number of anilines is 1. The van der Waals surface area contributed by atoms with E-state index >= 15 is 0 Å². The van der Waals surface area contributed by atoms with Gasteiger partial charge in [-0.1, -0.05) is 18.2 Å². The van der Waals surface area contributed by atoms with Crippen LogP contribution in [0.1, 0.15) is 24.4 Å². The molecule has 0 bridgehead atoms.